The fourth-order valence-corrected chi connectivity index (χ4v) is 3.63. The number of fused-ring (bicyclic) bond motifs is 1. The average molecular weight is 329 g/mol. The maximum absolute atomic E-state index is 12.2. The molecular formula is C19H27N3O2. The highest BCUT2D eigenvalue weighted by atomic mass is 16.6. The Morgan fingerprint density at radius 3 is 2.71 bits per heavy atom. The molecular weight excluding hydrogens is 302 g/mol. The molecule has 0 spiro atoms. The minimum Gasteiger partial charge on any atom is -0.444 e. The van der Waals surface area contributed by atoms with Gasteiger partial charge in [0.2, 0.25) is 0 Å². The van der Waals surface area contributed by atoms with E-state index < -0.39 is 5.60 Å². The lowest BCUT2D eigenvalue weighted by molar-refractivity contribution is 0.0472. The van der Waals surface area contributed by atoms with Crippen molar-refractivity contribution in [2.75, 3.05) is 0 Å². The van der Waals surface area contributed by atoms with Gasteiger partial charge in [-0.2, -0.15) is 0 Å². The molecule has 1 aromatic carbocycles. The number of carbonyl (C=O) groups is 1. The Labute approximate surface area is 143 Å². The molecule has 1 aliphatic carbocycles. The molecule has 0 bridgehead atoms. The van der Waals surface area contributed by atoms with Crippen molar-refractivity contribution in [2.24, 2.45) is 0 Å². The highest BCUT2D eigenvalue weighted by Gasteiger charge is 2.31. The van der Waals surface area contributed by atoms with Gasteiger partial charge in [-0.15, -0.1) is 0 Å². The van der Waals surface area contributed by atoms with E-state index in [9.17, 15) is 4.79 Å². The Kier molecular flexibility index (Phi) is 4.52. The SMILES string of the molecule is Cc1nc2ccccc2n1[C@@H]1CCCC[C@H]1NC(=O)OC(C)(C)C. The Balaban J connectivity index is 1.86. The van der Waals surface area contributed by atoms with Gasteiger partial charge in [-0.05, 0) is 52.7 Å². The molecule has 1 N–H and O–H groups in total. The van der Waals surface area contributed by atoms with Crippen molar-refractivity contribution in [2.45, 2.75) is 71.1 Å². The number of hydrogen-bond donors (Lipinski definition) is 1. The van der Waals surface area contributed by atoms with Gasteiger partial charge in [0.15, 0.2) is 0 Å². The zero-order chi connectivity index (χ0) is 17.3. The lowest BCUT2D eigenvalue weighted by Gasteiger charge is -2.34. The van der Waals surface area contributed by atoms with Crippen molar-refractivity contribution >= 4 is 17.1 Å². The maximum atomic E-state index is 12.2. The lowest BCUT2D eigenvalue weighted by atomic mass is 9.90. The molecule has 0 aliphatic heterocycles. The number of rotatable bonds is 2. The Bertz CT molecular complexity index is 730. The molecule has 2 atom stereocenters. The molecule has 0 radical (unpaired) electrons. The molecule has 1 saturated carbocycles. The van der Waals surface area contributed by atoms with E-state index >= 15 is 0 Å². The lowest BCUT2D eigenvalue weighted by Crippen LogP contribution is -2.45. The quantitative estimate of drug-likeness (QED) is 0.891. The minimum atomic E-state index is -0.480. The molecule has 1 amide bonds. The number of nitrogens with zero attached hydrogens (tertiary/aromatic N) is 2. The number of aryl methyl sites for hydroxylation is 1. The van der Waals surface area contributed by atoms with E-state index in [0.717, 1.165) is 36.1 Å². The van der Waals surface area contributed by atoms with Gasteiger partial charge < -0.3 is 14.6 Å². The molecule has 130 valence electrons. The van der Waals surface area contributed by atoms with E-state index in [1.165, 1.54) is 6.42 Å². The zero-order valence-corrected chi connectivity index (χ0v) is 15.0. The van der Waals surface area contributed by atoms with Crippen LogP contribution in [0, 0.1) is 6.92 Å². The number of aromatic nitrogens is 2. The monoisotopic (exact) mass is 329 g/mol. The van der Waals surface area contributed by atoms with Gasteiger partial charge in [-0.25, -0.2) is 9.78 Å². The van der Waals surface area contributed by atoms with Gasteiger partial charge in [0.1, 0.15) is 11.4 Å². The second-order valence-corrected chi connectivity index (χ2v) is 7.62. The number of hydrogen-bond acceptors (Lipinski definition) is 3. The van der Waals surface area contributed by atoms with Crippen LogP contribution in [0.5, 0.6) is 0 Å². The van der Waals surface area contributed by atoms with Gasteiger partial charge in [0.25, 0.3) is 0 Å². The number of ether oxygens (including phenoxy) is 1. The third-order valence-corrected chi connectivity index (χ3v) is 4.54. The highest BCUT2D eigenvalue weighted by Crippen LogP contribution is 2.33. The summed E-state index contributed by atoms with van der Waals surface area (Å²) in [6.07, 6.45) is 3.98. The first-order valence-corrected chi connectivity index (χ1v) is 8.78. The Morgan fingerprint density at radius 1 is 1.25 bits per heavy atom. The molecule has 1 aliphatic rings. The smallest absolute Gasteiger partial charge is 0.407 e. The predicted octanol–water partition coefficient (Wildman–Crippen LogP) is 4.35. The van der Waals surface area contributed by atoms with Crippen molar-refractivity contribution in [3.05, 3.63) is 30.1 Å². The number of carbonyl (C=O) groups excluding carboxylic acids is 1. The fraction of sp³-hybridized carbons (Fsp3) is 0.579. The molecule has 0 saturated heterocycles. The van der Waals surface area contributed by atoms with E-state index in [1.807, 2.05) is 45.9 Å². The second-order valence-electron chi connectivity index (χ2n) is 7.62. The Morgan fingerprint density at radius 2 is 1.96 bits per heavy atom. The molecule has 1 fully saturated rings. The molecule has 5 heteroatoms. The van der Waals surface area contributed by atoms with Crippen LogP contribution in [0.2, 0.25) is 0 Å². The second kappa shape index (κ2) is 6.46. The van der Waals surface area contributed by atoms with E-state index in [1.54, 1.807) is 0 Å². The number of benzene rings is 1. The van der Waals surface area contributed by atoms with Crippen LogP contribution in [-0.4, -0.2) is 27.3 Å². The molecule has 1 aromatic heterocycles. The van der Waals surface area contributed by atoms with E-state index in [2.05, 4.69) is 20.9 Å². The van der Waals surface area contributed by atoms with Crippen molar-refractivity contribution in [1.29, 1.82) is 0 Å². The molecule has 2 aromatic rings. The van der Waals surface area contributed by atoms with Gasteiger partial charge in [-0.1, -0.05) is 25.0 Å². The molecule has 0 unspecified atom stereocenters. The first kappa shape index (κ1) is 16.8. The number of alkyl carbamates (subject to hydrolysis) is 1. The summed E-state index contributed by atoms with van der Waals surface area (Å²) in [7, 11) is 0. The summed E-state index contributed by atoms with van der Waals surface area (Å²) < 4.78 is 7.74. The zero-order valence-electron chi connectivity index (χ0n) is 15.0. The first-order valence-electron chi connectivity index (χ1n) is 8.78. The topological polar surface area (TPSA) is 56.2 Å². The minimum absolute atomic E-state index is 0.0740. The Hall–Kier alpha value is -2.04. The van der Waals surface area contributed by atoms with Gasteiger partial charge in [0, 0.05) is 0 Å². The molecule has 3 rings (SSSR count). The van der Waals surface area contributed by atoms with Crippen LogP contribution in [0.15, 0.2) is 24.3 Å². The van der Waals surface area contributed by atoms with Crippen LogP contribution >= 0.6 is 0 Å². The van der Waals surface area contributed by atoms with E-state index in [4.69, 9.17) is 4.74 Å². The highest BCUT2D eigenvalue weighted by molar-refractivity contribution is 5.76. The first-order chi connectivity index (χ1) is 11.3. The normalized spacial score (nSPS) is 21.7. The summed E-state index contributed by atoms with van der Waals surface area (Å²) >= 11 is 0. The predicted molar refractivity (Wildman–Crippen MR) is 95.1 cm³/mol. The summed E-state index contributed by atoms with van der Waals surface area (Å²) in [5.74, 6) is 0.999. The summed E-state index contributed by atoms with van der Waals surface area (Å²) in [5, 5.41) is 3.10. The van der Waals surface area contributed by atoms with Gasteiger partial charge in [-0.3, -0.25) is 0 Å². The van der Waals surface area contributed by atoms with Crippen molar-refractivity contribution in [3.8, 4) is 0 Å². The summed E-state index contributed by atoms with van der Waals surface area (Å²) in [6.45, 7) is 7.70. The number of amides is 1. The van der Waals surface area contributed by atoms with E-state index in [0.29, 0.717) is 0 Å². The van der Waals surface area contributed by atoms with Crippen LogP contribution in [-0.2, 0) is 4.74 Å². The third kappa shape index (κ3) is 3.55. The van der Waals surface area contributed by atoms with Crippen LogP contribution in [0.3, 0.4) is 0 Å². The van der Waals surface area contributed by atoms with Crippen molar-refractivity contribution in [1.82, 2.24) is 14.9 Å². The number of nitrogens with one attached hydrogen (secondary N) is 1. The van der Waals surface area contributed by atoms with Crippen molar-refractivity contribution < 1.29 is 9.53 Å². The standard InChI is InChI=1S/C19H27N3O2/c1-13-20-14-9-5-7-11-16(14)22(13)17-12-8-6-10-15(17)21-18(23)24-19(2,3)4/h5,7,9,11,15,17H,6,8,10,12H2,1-4H3,(H,21,23)/t15-,17-/m1/s1. The van der Waals surface area contributed by atoms with Crippen LogP contribution in [0.25, 0.3) is 11.0 Å². The van der Waals surface area contributed by atoms with Crippen LogP contribution < -0.4 is 5.32 Å². The largest absolute Gasteiger partial charge is 0.444 e. The average Bonchev–Trinajstić information content (AvgIpc) is 2.81. The number of para-hydroxylation sites is 2. The van der Waals surface area contributed by atoms with Crippen LogP contribution in [0.4, 0.5) is 4.79 Å². The summed E-state index contributed by atoms with van der Waals surface area (Å²) in [5.41, 5.74) is 1.67. The third-order valence-electron chi connectivity index (χ3n) is 4.54. The summed E-state index contributed by atoms with van der Waals surface area (Å²) in [4.78, 5) is 16.9. The molecule has 24 heavy (non-hydrogen) atoms. The maximum Gasteiger partial charge on any atom is 0.407 e. The molecule has 5 nitrogen and oxygen atoms in total. The summed E-state index contributed by atoms with van der Waals surface area (Å²) in [6, 6.07) is 8.49. The molecule has 1 heterocycles. The van der Waals surface area contributed by atoms with Crippen LogP contribution in [0.1, 0.15) is 58.3 Å². The van der Waals surface area contributed by atoms with Crippen molar-refractivity contribution in [3.63, 3.8) is 0 Å². The number of imidazole rings is 1. The van der Waals surface area contributed by atoms with Gasteiger partial charge >= 0.3 is 6.09 Å². The fourth-order valence-electron chi connectivity index (χ4n) is 3.63. The van der Waals surface area contributed by atoms with E-state index in [-0.39, 0.29) is 18.2 Å². The van der Waals surface area contributed by atoms with Gasteiger partial charge in [0.05, 0.1) is 23.1 Å².